The predicted molar refractivity (Wildman–Crippen MR) is 59.5 cm³/mol. The van der Waals surface area contributed by atoms with Crippen LogP contribution < -0.4 is 5.32 Å². The molecule has 7 heteroatoms. The molecular formula is C11H15N3O4. The van der Waals surface area contributed by atoms with Crippen LogP contribution in [-0.2, 0) is 16.0 Å². The number of aliphatic carboxylic acids is 1. The zero-order valence-electron chi connectivity index (χ0n) is 9.83. The molecule has 7 nitrogen and oxygen atoms in total. The second kappa shape index (κ2) is 5.61. The van der Waals surface area contributed by atoms with E-state index in [-0.39, 0.29) is 5.91 Å². The van der Waals surface area contributed by atoms with Gasteiger partial charge in [0.25, 0.3) is 0 Å². The van der Waals surface area contributed by atoms with Crippen LogP contribution in [0.1, 0.15) is 25.2 Å². The smallest absolute Gasteiger partial charge is 0.307 e. The van der Waals surface area contributed by atoms with E-state index in [0.717, 1.165) is 6.42 Å². The Morgan fingerprint density at radius 3 is 2.89 bits per heavy atom. The van der Waals surface area contributed by atoms with E-state index in [9.17, 15) is 9.59 Å². The van der Waals surface area contributed by atoms with Crippen LogP contribution >= 0.6 is 0 Å². The lowest BCUT2D eigenvalue weighted by Crippen LogP contribution is -2.36. The first kappa shape index (κ1) is 12.5. The SMILES string of the molecule is O=C(O)C1CCCC1C(=O)NCCc1ncno1. The zero-order valence-corrected chi connectivity index (χ0v) is 9.83. The van der Waals surface area contributed by atoms with Gasteiger partial charge in [-0.3, -0.25) is 9.59 Å². The van der Waals surface area contributed by atoms with Gasteiger partial charge in [0, 0.05) is 13.0 Å². The molecule has 2 unspecified atom stereocenters. The molecule has 1 aliphatic carbocycles. The van der Waals surface area contributed by atoms with Crippen molar-refractivity contribution in [3.05, 3.63) is 12.2 Å². The number of aromatic nitrogens is 2. The van der Waals surface area contributed by atoms with E-state index in [1.54, 1.807) is 0 Å². The lowest BCUT2D eigenvalue weighted by molar-refractivity contribution is -0.146. The normalized spacial score (nSPS) is 22.9. The van der Waals surface area contributed by atoms with Crippen molar-refractivity contribution >= 4 is 11.9 Å². The van der Waals surface area contributed by atoms with Crippen LogP contribution in [0.4, 0.5) is 0 Å². The standard InChI is InChI=1S/C11H15N3O4/c15-10(7-2-1-3-8(7)11(16)17)12-5-4-9-13-6-14-18-9/h6-8H,1-5H2,(H,12,15)(H,16,17). The van der Waals surface area contributed by atoms with Gasteiger partial charge in [-0.1, -0.05) is 11.6 Å². The molecule has 2 rings (SSSR count). The number of nitrogens with one attached hydrogen (secondary N) is 1. The fourth-order valence-electron chi connectivity index (χ4n) is 2.30. The molecule has 2 N–H and O–H groups in total. The van der Waals surface area contributed by atoms with E-state index >= 15 is 0 Å². The van der Waals surface area contributed by atoms with Crippen LogP contribution in [-0.4, -0.2) is 33.7 Å². The lowest BCUT2D eigenvalue weighted by atomic mass is 9.95. The molecule has 0 spiro atoms. The molecule has 18 heavy (non-hydrogen) atoms. The number of carboxylic acids is 1. The number of nitrogens with zero attached hydrogens (tertiary/aromatic N) is 2. The van der Waals surface area contributed by atoms with Crippen LogP contribution in [0.15, 0.2) is 10.9 Å². The molecule has 2 atom stereocenters. The number of hydrogen-bond donors (Lipinski definition) is 2. The molecule has 0 aromatic carbocycles. The van der Waals surface area contributed by atoms with Crippen LogP contribution in [0.2, 0.25) is 0 Å². The van der Waals surface area contributed by atoms with Crippen LogP contribution in [0.3, 0.4) is 0 Å². The molecule has 0 radical (unpaired) electrons. The Balaban J connectivity index is 1.79. The maximum Gasteiger partial charge on any atom is 0.307 e. The maximum absolute atomic E-state index is 11.8. The van der Waals surface area contributed by atoms with Crippen LogP contribution in [0.5, 0.6) is 0 Å². The quantitative estimate of drug-likeness (QED) is 0.778. The van der Waals surface area contributed by atoms with Gasteiger partial charge in [0.05, 0.1) is 11.8 Å². The highest BCUT2D eigenvalue weighted by Crippen LogP contribution is 2.31. The molecule has 1 fully saturated rings. The number of carbonyl (C=O) groups excluding carboxylic acids is 1. The van der Waals surface area contributed by atoms with Gasteiger partial charge in [-0.25, -0.2) is 0 Å². The molecule has 1 heterocycles. The fraction of sp³-hybridized carbons (Fsp3) is 0.636. The topological polar surface area (TPSA) is 105 Å². The first-order chi connectivity index (χ1) is 8.68. The summed E-state index contributed by atoms with van der Waals surface area (Å²) in [5.41, 5.74) is 0. The maximum atomic E-state index is 11.8. The summed E-state index contributed by atoms with van der Waals surface area (Å²) in [4.78, 5) is 26.6. The van der Waals surface area contributed by atoms with E-state index in [2.05, 4.69) is 15.5 Å². The predicted octanol–water partition coefficient (Wildman–Crippen LogP) is 0.229. The average Bonchev–Trinajstić information content (AvgIpc) is 2.99. The van der Waals surface area contributed by atoms with Gasteiger partial charge in [-0.2, -0.15) is 4.98 Å². The molecule has 1 amide bonds. The Morgan fingerprint density at radius 2 is 2.22 bits per heavy atom. The highest BCUT2D eigenvalue weighted by molar-refractivity contribution is 5.85. The van der Waals surface area contributed by atoms with E-state index in [1.807, 2.05) is 0 Å². The molecule has 0 bridgehead atoms. The van der Waals surface area contributed by atoms with Crippen molar-refractivity contribution in [2.45, 2.75) is 25.7 Å². The molecule has 0 aliphatic heterocycles. The third-order valence-corrected chi connectivity index (χ3v) is 3.21. The minimum absolute atomic E-state index is 0.195. The summed E-state index contributed by atoms with van der Waals surface area (Å²) in [6.45, 7) is 0.379. The Kier molecular flexibility index (Phi) is 3.91. The number of carboxylic acid groups (broad SMARTS) is 1. The highest BCUT2D eigenvalue weighted by Gasteiger charge is 2.37. The molecule has 1 aromatic heterocycles. The first-order valence-electron chi connectivity index (χ1n) is 5.94. The fourth-order valence-corrected chi connectivity index (χ4v) is 2.30. The summed E-state index contributed by atoms with van der Waals surface area (Å²) in [6, 6.07) is 0. The van der Waals surface area contributed by atoms with Crippen molar-refractivity contribution in [2.75, 3.05) is 6.54 Å². The molecule has 1 aromatic rings. The van der Waals surface area contributed by atoms with Crippen molar-refractivity contribution in [1.82, 2.24) is 15.5 Å². The van der Waals surface area contributed by atoms with E-state index < -0.39 is 17.8 Å². The minimum Gasteiger partial charge on any atom is -0.481 e. The number of amides is 1. The van der Waals surface area contributed by atoms with E-state index in [4.69, 9.17) is 9.63 Å². The van der Waals surface area contributed by atoms with Gasteiger partial charge in [0.15, 0.2) is 6.33 Å². The minimum atomic E-state index is -0.885. The summed E-state index contributed by atoms with van der Waals surface area (Å²) in [5.74, 6) is -1.58. The van der Waals surface area contributed by atoms with Gasteiger partial charge in [0.1, 0.15) is 0 Å². The summed E-state index contributed by atoms with van der Waals surface area (Å²) in [6.07, 6.45) is 3.77. The van der Waals surface area contributed by atoms with Gasteiger partial charge < -0.3 is 14.9 Å². The monoisotopic (exact) mass is 253 g/mol. The Labute approximate surface area is 104 Å². The summed E-state index contributed by atoms with van der Waals surface area (Å²) in [5, 5.41) is 15.2. The Bertz CT molecular complexity index is 418. The molecule has 98 valence electrons. The number of rotatable bonds is 5. The summed E-state index contributed by atoms with van der Waals surface area (Å²) >= 11 is 0. The lowest BCUT2D eigenvalue weighted by Gasteiger charge is -2.14. The van der Waals surface area contributed by atoms with Crippen LogP contribution in [0.25, 0.3) is 0 Å². The van der Waals surface area contributed by atoms with Gasteiger partial charge in [0.2, 0.25) is 11.8 Å². The highest BCUT2D eigenvalue weighted by atomic mass is 16.5. The first-order valence-corrected chi connectivity index (χ1v) is 5.94. The zero-order chi connectivity index (χ0) is 13.0. The number of hydrogen-bond acceptors (Lipinski definition) is 5. The largest absolute Gasteiger partial charge is 0.481 e. The second-order valence-corrected chi connectivity index (χ2v) is 4.36. The Hall–Kier alpha value is -1.92. The average molecular weight is 253 g/mol. The molecule has 0 saturated heterocycles. The van der Waals surface area contributed by atoms with Gasteiger partial charge in [-0.05, 0) is 12.8 Å². The van der Waals surface area contributed by atoms with Crippen molar-refractivity contribution in [2.24, 2.45) is 11.8 Å². The number of carbonyl (C=O) groups is 2. The van der Waals surface area contributed by atoms with Crippen LogP contribution in [0, 0.1) is 11.8 Å². The van der Waals surface area contributed by atoms with Crippen molar-refractivity contribution in [1.29, 1.82) is 0 Å². The molecule has 1 saturated carbocycles. The van der Waals surface area contributed by atoms with Crippen molar-refractivity contribution < 1.29 is 19.2 Å². The summed E-state index contributed by atoms with van der Waals surface area (Å²) < 4.78 is 4.79. The van der Waals surface area contributed by atoms with Crippen molar-refractivity contribution in [3.63, 3.8) is 0 Å². The molecule has 1 aliphatic rings. The summed E-state index contributed by atoms with van der Waals surface area (Å²) in [7, 11) is 0. The van der Waals surface area contributed by atoms with E-state index in [0.29, 0.717) is 31.7 Å². The second-order valence-electron chi connectivity index (χ2n) is 4.36. The van der Waals surface area contributed by atoms with Gasteiger partial charge in [-0.15, -0.1) is 0 Å². The van der Waals surface area contributed by atoms with Gasteiger partial charge >= 0.3 is 5.97 Å². The third kappa shape index (κ3) is 2.85. The third-order valence-electron chi connectivity index (χ3n) is 3.21. The Morgan fingerprint density at radius 1 is 1.44 bits per heavy atom. The van der Waals surface area contributed by atoms with E-state index in [1.165, 1.54) is 6.33 Å². The molecular weight excluding hydrogens is 238 g/mol. The van der Waals surface area contributed by atoms with Crippen molar-refractivity contribution in [3.8, 4) is 0 Å².